The van der Waals surface area contributed by atoms with E-state index in [2.05, 4.69) is 26.6 Å². The van der Waals surface area contributed by atoms with E-state index in [9.17, 15) is 28.4 Å². The Bertz CT molecular complexity index is 1850. The van der Waals surface area contributed by atoms with Crippen LogP contribution in [-0.2, 0) is 14.4 Å². The maximum Gasteiger partial charge on any atom is 0.335 e. The Labute approximate surface area is 269 Å². The van der Waals surface area contributed by atoms with Crippen molar-refractivity contribution in [2.45, 2.75) is 16.6 Å². The van der Waals surface area contributed by atoms with E-state index in [1.165, 1.54) is 48.5 Å². The van der Waals surface area contributed by atoms with Crippen LogP contribution in [0.15, 0.2) is 112 Å². The number of hydrogen-bond donors (Lipinski definition) is 3. The number of anilines is 2. The van der Waals surface area contributed by atoms with Gasteiger partial charge in [-0.25, -0.2) is 14.1 Å². The number of halogens is 2. The smallest absolute Gasteiger partial charge is 0.335 e. The standard InChI is InChI=1S/C33H23BrFN3O6S/c34-21-12-8-19(9-13-21)16-27(37-30(40)25-6-1-2-7-26(25)35)31(41)36-22-4-3-5-24(17-22)45-28-18-29(39)38(32(28)42)23-14-10-20(11-15-23)33(43)44/h1-17,28H,18H2,(H,36,41)(H,37,40)(H,43,44). The van der Waals surface area contributed by atoms with Crippen LogP contribution >= 0.6 is 27.7 Å². The minimum Gasteiger partial charge on any atom is -0.478 e. The Kier molecular flexibility index (Phi) is 9.55. The number of aromatic carboxylic acids is 1. The summed E-state index contributed by atoms with van der Waals surface area (Å²) in [6.45, 7) is 0. The molecule has 1 aliphatic rings. The van der Waals surface area contributed by atoms with Crippen LogP contribution in [-0.4, -0.2) is 40.0 Å². The highest BCUT2D eigenvalue weighted by Crippen LogP contribution is 2.35. The number of amides is 4. The molecule has 0 radical (unpaired) electrons. The molecule has 5 rings (SSSR count). The first-order valence-corrected chi connectivity index (χ1v) is 15.1. The van der Waals surface area contributed by atoms with E-state index < -0.39 is 40.7 Å². The number of carbonyl (C=O) groups excluding carboxylic acids is 4. The van der Waals surface area contributed by atoms with Crippen LogP contribution in [0.4, 0.5) is 15.8 Å². The highest BCUT2D eigenvalue weighted by molar-refractivity contribution is 9.10. The van der Waals surface area contributed by atoms with Gasteiger partial charge in [0, 0.05) is 21.5 Å². The van der Waals surface area contributed by atoms with E-state index in [-0.39, 0.29) is 28.9 Å². The van der Waals surface area contributed by atoms with Gasteiger partial charge in [0.25, 0.3) is 11.8 Å². The number of carboxylic acid groups (broad SMARTS) is 1. The van der Waals surface area contributed by atoms with Crippen LogP contribution in [0.5, 0.6) is 0 Å². The largest absolute Gasteiger partial charge is 0.478 e. The quantitative estimate of drug-likeness (QED) is 0.143. The molecule has 4 aromatic rings. The molecule has 12 heteroatoms. The summed E-state index contributed by atoms with van der Waals surface area (Å²) < 4.78 is 15.1. The van der Waals surface area contributed by atoms with E-state index in [4.69, 9.17) is 5.11 Å². The normalized spacial score (nSPS) is 14.8. The van der Waals surface area contributed by atoms with E-state index >= 15 is 0 Å². The molecule has 45 heavy (non-hydrogen) atoms. The molecule has 1 unspecified atom stereocenters. The molecule has 1 saturated heterocycles. The van der Waals surface area contributed by atoms with E-state index in [1.807, 2.05) is 0 Å². The number of rotatable bonds is 9. The zero-order chi connectivity index (χ0) is 32.1. The monoisotopic (exact) mass is 687 g/mol. The number of imide groups is 1. The average molecular weight is 689 g/mol. The molecule has 1 aliphatic heterocycles. The fourth-order valence-corrected chi connectivity index (χ4v) is 5.83. The van der Waals surface area contributed by atoms with Crippen LogP contribution in [0.1, 0.15) is 32.7 Å². The Hall–Kier alpha value is -5.07. The van der Waals surface area contributed by atoms with E-state index in [0.717, 1.165) is 27.2 Å². The molecule has 9 nitrogen and oxygen atoms in total. The zero-order valence-corrected chi connectivity index (χ0v) is 25.6. The average Bonchev–Trinajstić information content (AvgIpc) is 3.29. The minimum atomic E-state index is -1.12. The summed E-state index contributed by atoms with van der Waals surface area (Å²) in [5.41, 5.74) is 0.904. The highest BCUT2D eigenvalue weighted by atomic mass is 79.9. The third kappa shape index (κ3) is 7.54. The second kappa shape index (κ2) is 13.7. The molecule has 1 atom stereocenters. The number of carbonyl (C=O) groups is 5. The molecule has 0 bridgehead atoms. The molecular formula is C33H23BrFN3O6S. The lowest BCUT2D eigenvalue weighted by molar-refractivity contribution is -0.121. The summed E-state index contributed by atoms with van der Waals surface area (Å²) in [6.07, 6.45) is 1.39. The molecule has 0 saturated carbocycles. The van der Waals surface area contributed by atoms with Crippen molar-refractivity contribution in [2.75, 3.05) is 10.2 Å². The first-order valence-electron chi connectivity index (χ1n) is 13.4. The van der Waals surface area contributed by atoms with Crippen LogP contribution in [0, 0.1) is 5.82 Å². The highest BCUT2D eigenvalue weighted by Gasteiger charge is 2.40. The SMILES string of the molecule is O=C(Nc1cccc(SC2CC(=O)N(c3ccc(C(=O)O)cc3)C2=O)c1)C(=Cc1ccc(Br)cc1)NC(=O)c1ccccc1F. The molecule has 4 aromatic carbocycles. The Balaban J connectivity index is 1.32. The third-order valence-corrected chi connectivity index (χ3v) is 8.35. The van der Waals surface area contributed by atoms with Gasteiger partial charge in [-0.1, -0.05) is 46.3 Å². The summed E-state index contributed by atoms with van der Waals surface area (Å²) in [6, 6.07) is 24.5. The summed E-state index contributed by atoms with van der Waals surface area (Å²) in [7, 11) is 0. The molecular weight excluding hydrogens is 665 g/mol. The zero-order valence-electron chi connectivity index (χ0n) is 23.2. The van der Waals surface area contributed by atoms with Gasteiger partial charge >= 0.3 is 5.97 Å². The number of benzene rings is 4. The summed E-state index contributed by atoms with van der Waals surface area (Å²) in [5, 5.41) is 13.6. The van der Waals surface area contributed by atoms with Crippen molar-refractivity contribution in [2.24, 2.45) is 0 Å². The van der Waals surface area contributed by atoms with E-state index in [0.29, 0.717) is 16.1 Å². The van der Waals surface area contributed by atoms with Gasteiger partial charge in [-0.3, -0.25) is 19.2 Å². The molecule has 0 spiro atoms. The van der Waals surface area contributed by atoms with Crippen molar-refractivity contribution in [1.29, 1.82) is 0 Å². The van der Waals surface area contributed by atoms with Crippen LogP contribution in [0.3, 0.4) is 0 Å². The summed E-state index contributed by atoms with van der Waals surface area (Å²) in [4.78, 5) is 64.9. The van der Waals surface area contributed by atoms with Gasteiger partial charge in [-0.05, 0) is 78.4 Å². The van der Waals surface area contributed by atoms with Crippen molar-refractivity contribution < 1.29 is 33.5 Å². The second-order valence-corrected chi connectivity index (χ2v) is 11.9. The van der Waals surface area contributed by atoms with Crippen LogP contribution < -0.4 is 15.5 Å². The molecule has 0 aromatic heterocycles. The maximum atomic E-state index is 14.3. The van der Waals surface area contributed by atoms with Crippen molar-refractivity contribution in [3.05, 3.63) is 130 Å². The Morgan fingerprint density at radius 1 is 0.933 bits per heavy atom. The Morgan fingerprint density at radius 3 is 2.33 bits per heavy atom. The van der Waals surface area contributed by atoms with Crippen molar-refractivity contribution in [1.82, 2.24) is 5.32 Å². The molecule has 0 aliphatic carbocycles. The van der Waals surface area contributed by atoms with Gasteiger partial charge < -0.3 is 15.7 Å². The van der Waals surface area contributed by atoms with Crippen LogP contribution in [0.2, 0.25) is 0 Å². The van der Waals surface area contributed by atoms with Gasteiger partial charge in [0.15, 0.2) is 0 Å². The number of nitrogens with zero attached hydrogens (tertiary/aromatic N) is 1. The van der Waals surface area contributed by atoms with Crippen molar-refractivity contribution in [3.63, 3.8) is 0 Å². The van der Waals surface area contributed by atoms with Gasteiger partial charge in [-0.2, -0.15) is 0 Å². The topological polar surface area (TPSA) is 133 Å². The third-order valence-electron chi connectivity index (χ3n) is 6.64. The lowest BCUT2D eigenvalue weighted by atomic mass is 10.1. The fraction of sp³-hybridized carbons (Fsp3) is 0.0606. The molecule has 4 amide bonds. The number of nitrogens with one attached hydrogen (secondary N) is 2. The predicted molar refractivity (Wildman–Crippen MR) is 171 cm³/mol. The minimum absolute atomic E-state index is 0.0317. The Morgan fingerprint density at radius 2 is 1.64 bits per heavy atom. The molecule has 1 fully saturated rings. The summed E-state index contributed by atoms with van der Waals surface area (Å²) in [5.74, 6) is -4.20. The van der Waals surface area contributed by atoms with Crippen LogP contribution in [0.25, 0.3) is 6.08 Å². The van der Waals surface area contributed by atoms with Gasteiger partial charge in [-0.15, -0.1) is 11.8 Å². The lowest BCUT2D eigenvalue weighted by Gasteiger charge is -2.15. The first kappa shape index (κ1) is 31.4. The van der Waals surface area contributed by atoms with E-state index in [1.54, 1.807) is 48.5 Å². The summed E-state index contributed by atoms with van der Waals surface area (Å²) >= 11 is 4.50. The second-order valence-electron chi connectivity index (χ2n) is 9.76. The lowest BCUT2D eigenvalue weighted by Crippen LogP contribution is -2.31. The van der Waals surface area contributed by atoms with Crippen molar-refractivity contribution in [3.8, 4) is 0 Å². The predicted octanol–water partition coefficient (Wildman–Crippen LogP) is 6.12. The fourth-order valence-electron chi connectivity index (χ4n) is 4.45. The number of hydrogen-bond acceptors (Lipinski definition) is 6. The van der Waals surface area contributed by atoms with Gasteiger partial charge in [0.05, 0.1) is 22.1 Å². The maximum absolute atomic E-state index is 14.3. The molecule has 226 valence electrons. The number of thioether (sulfide) groups is 1. The number of carboxylic acids is 1. The first-order chi connectivity index (χ1) is 21.6. The van der Waals surface area contributed by atoms with Gasteiger partial charge in [0.2, 0.25) is 11.8 Å². The molecule has 1 heterocycles. The molecule has 3 N–H and O–H groups in total. The van der Waals surface area contributed by atoms with Gasteiger partial charge in [0.1, 0.15) is 11.5 Å². The van der Waals surface area contributed by atoms with Crippen molar-refractivity contribution >= 4 is 74.7 Å².